The van der Waals surface area contributed by atoms with Gasteiger partial charge in [-0.3, -0.25) is 14.4 Å². The van der Waals surface area contributed by atoms with Crippen molar-refractivity contribution in [2.45, 2.75) is 6.92 Å². The predicted molar refractivity (Wildman–Crippen MR) is 106 cm³/mol. The molecule has 0 saturated heterocycles. The van der Waals surface area contributed by atoms with E-state index >= 15 is 0 Å². The number of anilines is 2. The van der Waals surface area contributed by atoms with E-state index in [2.05, 4.69) is 10.3 Å². The number of nitrogens with zero attached hydrogens (tertiary/aromatic N) is 2. The molecule has 1 aromatic heterocycles. The van der Waals surface area contributed by atoms with Crippen LogP contribution in [0.3, 0.4) is 0 Å². The average molecular weight is 407 g/mol. The largest absolute Gasteiger partial charge is 0.478 e. The van der Waals surface area contributed by atoms with E-state index in [9.17, 15) is 24.3 Å². The van der Waals surface area contributed by atoms with Gasteiger partial charge in [0.05, 0.1) is 22.4 Å². The minimum atomic E-state index is -1.17. The summed E-state index contributed by atoms with van der Waals surface area (Å²) in [7, 11) is 0. The molecule has 0 spiro atoms. The van der Waals surface area contributed by atoms with Crippen molar-refractivity contribution < 1.29 is 24.3 Å². The summed E-state index contributed by atoms with van der Waals surface area (Å²) in [5.41, 5.74) is 1.25. The minimum Gasteiger partial charge on any atom is -0.478 e. The molecule has 8 nitrogen and oxygen atoms in total. The van der Waals surface area contributed by atoms with Crippen LogP contribution in [-0.4, -0.2) is 33.8 Å². The van der Waals surface area contributed by atoms with Gasteiger partial charge in [0.1, 0.15) is 0 Å². The van der Waals surface area contributed by atoms with Gasteiger partial charge in [-0.1, -0.05) is 11.6 Å². The van der Waals surface area contributed by atoms with Crippen molar-refractivity contribution in [2.24, 2.45) is 0 Å². The Morgan fingerprint density at radius 1 is 1.07 bits per heavy atom. The zero-order valence-corrected chi connectivity index (χ0v) is 15.8. The van der Waals surface area contributed by atoms with Crippen LogP contribution in [0.25, 0.3) is 0 Å². The number of amides is 3. The number of fused-ring (bicyclic) bond motifs is 1. The molecule has 4 rings (SSSR count). The monoisotopic (exact) mass is 407 g/mol. The van der Waals surface area contributed by atoms with Crippen LogP contribution in [-0.2, 0) is 0 Å². The highest BCUT2D eigenvalue weighted by Crippen LogP contribution is 2.30. The fourth-order valence-corrected chi connectivity index (χ4v) is 3.66. The van der Waals surface area contributed by atoms with Crippen molar-refractivity contribution >= 4 is 45.8 Å². The van der Waals surface area contributed by atoms with Crippen molar-refractivity contribution in [1.29, 1.82) is 0 Å². The molecule has 1 aliphatic heterocycles. The van der Waals surface area contributed by atoms with Gasteiger partial charge in [0.25, 0.3) is 17.7 Å². The maximum absolute atomic E-state index is 12.7. The Labute approximate surface area is 168 Å². The van der Waals surface area contributed by atoms with Crippen molar-refractivity contribution in [3.05, 3.63) is 75.8 Å². The molecule has 0 saturated carbocycles. The van der Waals surface area contributed by atoms with Gasteiger partial charge in [0.15, 0.2) is 5.13 Å². The summed E-state index contributed by atoms with van der Waals surface area (Å²) >= 11 is 1.15. The van der Waals surface area contributed by atoms with Gasteiger partial charge in [-0.15, -0.1) is 11.3 Å². The number of aromatic nitrogens is 1. The van der Waals surface area contributed by atoms with Crippen LogP contribution in [0.5, 0.6) is 0 Å². The Balaban J connectivity index is 1.65. The molecule has 9 heteroatoms. The smallest absolute Gasteiger partial charge is 0.337 e. The van der Waals surface area contributed by atoms with Crippen LogP contribution in [0.15, 0.2) is 48.0 Å². The van der Waals surface area contributed by atoms with Crippen molar-refractivity contribution in [2.75, 3.05) is 10.2 Å². The molecule has 0 aliphatic carbocycles. The summed E-state index contributed by atoms with van der Waals surface area (Å²) in [5, 5.41) is 13.8. The number of aromatic carboxylic acids is 1. The van der Waals surface area contributed by atoms with E-state index in [0.717, 1.165) is 21.8 Å². The summed E-state index contributed by atoms with van der Waals surface area (Å²) in [4.78, 5) is 54.3. The number of carboxylic acids is 1. The topological polar surface area (TPSA) is 117 Å². The van der Waals surface area contributed by atoms with E-state index in [1.807, 2.05) is 0 Å². The molecule has 3 amide bonds. The van der Waals surface area contributed by atoms with Gasteiger partial charge in [-0.2, -0.15) is 0 Å². The number of hydrogen-bond donors (Lipinski definition) is 2. The minimum absolute atomic E-state index is 0.0410. The van der Waals surface area contributed by atoms with E-state index in [0.29, 0.717) is 0 Å². The Kier molecular flexibility index (Phi) is 4.44. The van der Waals surface area contributed by atoms with Gasteiger partial charge < -0.3 is 10.4 Å². The molecule has 2 heterocycles. The number of imide groups is 1. The lowest BCUT2D eigenvalue weighted by Gasteiger charge is -2.10. The first-order valence-electron chi connectivity index (χ1n) is 8.44. The lowest BCUT2D eigenvalue weighted by atomic mass is 10.0. The van der Waals surface area contributed by atoms with Gasteiger partial charge in [-0.05, 0) is 37.3 Å². The third-order valence-electron chi connectivity index (χ3n) is 4.41. The molecular formula is C20H13N3O5S. The number of carbonyl (C=O) groups excluding carboxylic acids is 3. The number of carbonyl (C=O) groups is 4. The third kappa shape index (κ3) is 3.17. The second kappa shape index (κ2) is 6.95. The molecule has 2 N–H and O–H groups in total. The maximum atomic E-state index is 12.7. The molecule has 29 heavy (non-hydrogen) atoms. The fraction of sp³-hybridized carbons (Fsp3) is 0.0500. The van der Waals surface area contributed by atoms with Crippen LogP contribution < -0.4 is 10.2 Å². The van der Waals surface area contributed by atoms with Gasteiger partial charge in [0, 0.05) is 17.1 Å². The molecule has 0 atom stereocenters. The van der Waals surface area contributed by atoms with Gasteiger partial charge >= 0.3 is 5.97 Å². The van der Waals surface area contributed by atoms with Crippen molar-refractivity contribution in [1.82, 2.24) is 4.98 Å². The lowest BCUT2D eigenvalue weighted by molar-refractivity contribution is 0.0697. The molecular weight excluding hydrogens is 394 g/mol. The highest BCUT2D eigenvalue weighted by atomic mass is 32.1. The molecule has 0 radical (unpaired) electrons. The second-order valence-electron chi connectivity index (χ2n) is 6.33. The first kappa shape index (κ1) is 18.5. The summed E-state index contributed by atoms with van der Waals surface area (Å²) < 4.78 is 0. The first-order valence-corrected chi connectivity index (χ1v) is 9.32. The van der Waals surface area contributed by atoms with E-state index < -0.39 is 23.7 Å². The molecule has 144 valence electrons. The van der Waals surface area contributed by atoms with Crippen LogP contribution in [0, 0.1) is 6.92 Å². The Hall–Kier alpha value is -3.85. The van der Waals surface area contributed by atoms with Crippen molar-refractivity contribution in [3.8, 4) is 0 Å². The zero-order chi connectivity index (χ0) is 20.7. The summed E-state index contributed by atoms with van der Waals surface area (Å²) in [6, 6.07) is 8.79. The number of aryl methyl sites for hydroxylation is 1. The normalized spacial score (nSPS) is 12.8. The van der Waals surface area contributed by atoms with Crippen LogP contribution >= 0.6 is 11.3 Å². The zero-order valence-electron chi connectivity index (χ0n) is 15.0. The number of rotatable bonds is 4. The standard InChI is InChI=1S/C20H13N3O5S/c1-10-2-5-15(14(8-10)19(27)28)22-16(24)11-3-4-12-13(9-11)18(26)23(17(12)25)20-21-6-7-29-20/h2-9H,1H3,(H,22,24)(H,27,28). The summed E-state index contributed by atoms with van der Waals surface area (Å²) in [6.07, 6.45) is 1.49. The molecule has 2 aromatic carbocycles. The second-order valence-corrected chi connectivity index (χ2v) is 7.20. The van der Waals surface area contributed by atoms with Crippen LogP contribution in [0.4, 0.5) is 10.8 Å². The quantitative estimate of drug-likeness (QED) is 0.642. The molecule has 0 fully saturated rings. The molecule has 0 bridgehead atoms. The number of nitrogens with one attached hydrogen (secondary N) is 1. The van der Waals surface area contributed by atoms with Gasteiger partial charge in [-0.25, -0.2) is 14.7 Å². The fourth-order valence-electron chi connectivity index (χ4n) is 3.02. The van der Waals surface area contributed by atoms with E-state index in [4.69, 9.17) is 0 Å². The van der Waals surface area contributed by atoms with Crippen LogP contribution in [0.1, 0.15) is 47.0 Å². The Morgan fingerprint density at radius 3 is 2.52 bits per heavy atom. The summed E-state index contributed by atoms with van der Waals surface area (Å²) in [6.45, 7) is 1.75. The average Bonchev–Trinajstić information content (AvgIpc) is 3.30. The maximum Gasteiger partial charge on any atom is 0.337 e. The number of thiazole rings is 1. The van der Waals surface area contributed by atoms with Crippen LogP contribution in [0.2, 0.25) is 0 Å². The lowest BCUT2D eigenvalue weighted by Crippen LogP contribution is -2.29. The third-order valence-corrected chi connectivity index (χ3v) is 5.17. The molecule has 0 unspecified atom stereocenters. The SMILES string of the molecule is Cc1ccc(NC(=O)c2ccc3c(c2)C(=O)N(c2nccs2)C3=O)c(C(=O)O)c1. The van der Waals surface area contributed by atoms with E-state index in [-0.39, 0.29) is 33.1 Å². The number of benzene rings is 2. The molecule has 3 aromatic rings. The predicted octanol–water partition coefficient (Wildman–Crippen LogP) is 3.20. The summed E-state index contributed by atoms with van der Waals surface area (Å²) in [5.74, 6) is -2.82. The van der Waals surface area contributed by atoms with Gasteiger partial charge in [0.2, 0.25) is 0 Å². The Bertz CT molecular complexity index is 1190. The van der Waals surface area contributed by atoms with E-state index in [1.165, 1.54) is 36.5 Å². The highest BCUT2D eigenvalue weighted by molar-refractivity contribution is 7.14. The number of hydrogen-bond acceptors (Lipinski definition) is 6. The van der Waals surface area contributed by atoms with Crippen molar-refractivity contribution in [3.63, 3.8) is 0 Å². The van der Waals surface area contributed by atoms with E-state index in [1.54, 1.807) is 18.4 Å². The Morgan fingerprint density at radius 2 is 1.83 bits per heavy atom. The number of carboxylic acid groups (broad SMARTS) is 1. The highest BCUT2D eigenvalue weighted by Gasteiger charge is 2.38. The molecule has 1 aliphatic rings. The first-order chi connectivity index (χ1) is 13.9.